The first-order valence-electron chi connectivity index (χ1n) is 9.97. The lowest BCUT2D eigenvalue weighted by atomic mass is 10.1. The maximum atomic E-state index is 13.9. The number of nitrogens with one attached hydrogen (secondary N) is 1. The fraction of sp³-hybridized carbons (Fsp3) is 0.600. The number of likely N-dealkylation sites (tertiary alicyclic amines) is 1. The van der Waals surface area contributed by atoms with Gasteiger partial charge in [0.15, 0.2) is 5.96 Å². The Morgan fingerprint density at radius 1 is 1.14 bits per heavy atom. The van der Waals surface area contributed by atoms with Crippen LogP contribution >= 0.6 is 11.6 Å². The van der Waals surface area contributed by atoms with Gasteiger partial charge in [0.25, 0.3) is 0 Å². The van der Waals surface area contributed by atoms with E-state index in [2.05, 4.69) is 20.1 Å². The van der Waals surface area contributed by atoms with Gasteiger partial charge in [-0.15, -0.1) is 0 Å². The highest BCUT2D eigenvalue weighted by Gasteiger charge is 2.24. The Labute approximate surface area is 171 Å². The lowest BCUT2D eigenvalue weighted by Gasteiger charge is -2.36. The van der Waals surface area contributed by atoms with Gasteiger partial charge in [-0.3, -0.25) is 14.7 Å². The number of rotatable bonds is 5. The van der Waals surface area contributed by atoms with Crippen LogP contribution in [0, 0.1) is 5.82 Å². The van der Waals surface area contributed by atoms with E-state index < -0.39 is 0 Å². The fourth-order valence-corrected chi connectivity index (χ4v) is 4.04. The topological polar surface area (TPSA) is 51.2 Å². The number of nitrogens with zero attached hydrogens (tertiary/aromatic N) is 4. The molecule has 1 N–H and O–H groups in total. The second-order valence-corrected chi connectivity index (χ2v) is 7.68. The number of halogens is 2. The number of benzene rings is 1. The van der Waals surface area contributed by atoms with Gasteiger partial charge in [-0.05, 0) is 31.4 Å². The van der Waals surface area contributed by atoms with Crippen LogP contribution < -0.4 is 5.32 Å². The molecule has 1 amide bonds. The summed E-state index contributed by atoms with van der Waals surface area (Å²) in [7, 11) is 1.75. The Morgan fingerprint density at radius 3 is 2.50 bits per heavy atom. The Kier molecular flexibility index (Phi) is 7.50. The van der Waals surface area contributed by atoms with Crippen LogP contribution in [-0.4, -0.2) is 86.0 Å². The molecular formula is C20H29ClFN5O. The highest BCUT2D eigenvalue weighted by Crippen LogP contribution is 2.19. The molecule has 3 rings (SSSR count). The van der Waals surface area contributed by atoms with E-state index in [-0.39, 0.29) is 11.7 Å². The largest absolute Gasteiger partial charge is 0.356 e. The molecule has 0 unspecified atom stereocenters. The molecule has 0 saturated carbocycles. The van der Waals surface area contributed by atoms with Gasteiger partial charge in [-0.2, -0.15) is 0 Å². The molecule has 2 saturated heterocycles. The summed E-state index contributed by atoms with van der Waals surface area (Å²) >= 11 is 6.09. The number of amides is 1. The summed E-state index contributed by atoms with van der Waals surface area (Å²) in [6, 6.07) is 4.75. The second kappa shape index (κ2) is 10.1. The predicted molar refractivity (Wildman–Crippen MR) is 110 cm³/mol. The van der Waals surface area contributed by atoms with Gasteiger partial charge in [0.05, 0.1) is 6.54 Å². The van der Waals surface area contributed by atoms with E-state index in [4.69, 9.17) is 11.6 Å². The molecule has 0 aromatic heterocycles. The molecule has 154 valence electrons. The molecule has 2 aliphatic rings. The molecule has 6 nitrogen and oxygen atoms in total. The third-order valence-electron chi connectivity index (χ3n) is 5.42. The number of hydrogen-bond donors (Lipinski definition) is 1. The van der Waals surface area contributed by atoms with Crippen molar-refractivity contribution in [3.8, 4) is 0 Å². The Balaban J connectivity index is 1.43. The Morgan fingerprint density at radius 2 is 1.86 bits per heavy atom. The maximum absolute atomic E-state index is 13.9. The van der Waals surface area contributed by atoms with Crippen molar-refractivity contribution in [1.82, 2.24) is 20.0 Å². The van der Waals surface area contributed by atoms with Crippen molar-refractivity contribution in [2.75, 3.05) is 59.4 Å². The van der Waals surface area contributed by atoms with Gasteiger partial charge >= 0.3 is 0 Å². The minimum absolute atomic E-state index is 0.246. The highest BCUT2D eigenvalue weighted by molar-refractivity contribution is 6.31. The molecule has 0 spiro atoms. The van der Waals surface area contributed by atoms with Crippen LogP contribution in [-0.2, 0) is 11.2 Å². The first-order chi connectivity index (χ1) is 13.6. The van der Waals surface area contributed by atoms with Crippen LogP contribution in [0.2, 0.25) is 5.02 Å². The van der Waals surface area contributed by atoms with E-state index in [9.17, 15) is 9.18 Å². The van der Waals surface area contributed by atoms with E-state index in [0.717, 1.165) is 58.1 Å². The summed E-state index contributed by atoms with van der Waals surface area (Å²) < 4.78 is 13.9. The smallest absolute Gasteiger partial charge is 0.236 e. The molecule has 2 heterocycles. The minimum atomic E-state index is -0.277. The predicted octanol–water partition coefficient (Wildman–Crippen LogP) is 1.84. The number of carbonyl (C=O) groups excluding carboxylic acids is 1. The van der Waals surface area contributed by atoms with Crippen molar-refractivity contribution < 1.29 is 9.18 Å². The number of hydrogen-bond acceptors (Lipinski definition) is 3. The van der Waals surface area contributed by atoms with Crippen molar-refractivity contribution in [1.29, 1.82) is 0 Å². The number of piperazine rings is 1. The first kappa shape index (κ1) is 20.9. The molecule has 0 radical (unpaired) electrons. The van der Waals surface area contributed by atoms with Crippen molar-refractivity contribution in [2.45, 2.75) is 19.3 Å². The number of carbonyl (C=O) groups is 1. The van der Waals surface area contributed by atoms with Crippen LogP contribution in [0.5, 0.6) is 0 Å². The maximum Gasteiger partial charge on any atom is 0.236 e. The van der Waals surface area contributed by atoms with E-state index in [1.807, 2.05) is 4.90 Å². The van der Waals surface area contributed by atoms with Crippen molar-refractivity contribution >= 4 is 23.5 Å². The lowest BCUT2D eigenvalue weighted by Crippen LogP contribution is -2.54. The average Bonchev–Trinajstić information content (AvgIpc) is 3.23. The fourth-order valence-electron chi connectivity index (χ4n) is 3.78. The molecular weight excluding hydrogens is 381 g/mol. The van der Waals surface area contributed by atoms with Crippen molar-refractivity contribution in [3.05, 3.63) is 34.6 Å². The summed E-state index contributed by atoms with van der Waals surface area (Å²) in [4.78, 5) is 23.0. The molecule has 2 fully saturated rings. The lowest BCUT2D eigenvalue weighted by molar-refractivity contribution is -0.131. The molecule has 0 bridgehead atoms. The zero-order valence-corrected chi connectivity index (χ0v) is 17.2. The van der Waals surface area contributed by atoms with E-state index in [1.54, 1.807) is 19.2 Å². The summed E-state index contributed by atoms with van der Waals surface area (Å²) in [6.07, 6.45) is 2.74. The monoisotopic (exact) mass is 409 g/mol. The van der Waals surface area contributed by atoms with E-state index in [1.165, 1.54) is 6.07 Å². The second-order valence-electron chi connectivity index (χ2n) is 7.28. The SMILES string of the molecule is CN=C(NCCc1c(F)cccc1Cl)N1CCN(CC(=O)N2CCCC2)CC1. The van der Waals surface area contributed by atoms with Gasteiger partial charge in [0.2, 0.25) is 5.91 Å². The van der Waals surface area contributed by atoms with E-state index >= 15 is 0 Å². The molecule has 0 aliphatic carbocycles. The zero-order chi connectivity index (χ0) is 19.9. The van der Waals surface area contributed by atoms with Crippen LogP contribution in [0.4, 0.5) is 4.39 Å². The average molecular weight is 410 g/mol. The van der Waals surface area contributed by atoms with Gasteiger partial charge in [-0.1, -0.05) is 17.7 Å². The van der Waals surface area contributed by atoms with Crippen molar-refractivity contribution in [3.63, 3.8) is 0 Å². The molecule has 28 heavy (non-hydrogen) atoms. The quantitative estimate of drug-likeness (QED) is 0.595. The van der Waals surface area contributed by atoms with Gasteiger partial charge in [0.1, 0.15) is 5.82 Å². The molecule has 1 aromatic carbocycles. The minimum Gasteiger partial charge on any atom is -0.356 e. The number of guanidine groups is 1. The van der Waals surface area contributed by atoms with Crippen LogP contribution in [0.25, 0.3) is 0 Å². The molecule has 2 aliphatic heterocycles. The van der Waals surface area contributed by atoms with E-state index in [0.29, 0.717) is 30.1 Å². The molecule has 1 aromatic rings. The Bertz CT molecular complexity index is 680. The highest BCUT2D eigenvalue weighted by atomic mass is 35.5. The normalized spacial score (nSPS) is 18.6. The van der Waals surface area contributed by atoms with Gasteiger partial charge in [0, 0.05) is 63.4 Å². The Hall–Kier alpha value is -1.86. The third-order valence-corrected chi connectivity index (χ3v) is 5.78. The number of aliphatic imine (C=N–C) groups is 1. The van der Waals surface area contributed by atoms with Gasteiger partial charge in [-0.25, -0.2) is 4.39 Å². The summed E-state index contributed by atoms with van der Waals surface area (Å²) in [5, 5.41) is 3.75. The molecule has 8 heteroatoms. The van der Waals surface area contributed by atoms with Crippen LogP contribution in [0.15, 0.2) is 23.2 Å². The summed E-state index contributed by atoms with van der Waals surface area (Å²) in [5.41, 5.74) is 0.525. The van der Waals surface area contributed by atoms with Crippen LogP contribution in [0.1, 0.15) is 18.4 Å². The summed E-state index contributed by atoms with van der Waals surface area (Å²) in [5.74, 6) is 0.772. The van der Waals surface area contributed by atoms with Gasteiger partial charge < -0.3 is 15.1 Å². The third kappa shape index (κ3) is 5.35. The zero-order valence-electron chi connectivity index (χ0n) is 16.5. The van der Waals surface area contributed by atoms with Crippen molar-refractivity contribution in [2.24, 2.45) is 4.99 Å². The first-order valence-corrected chi connectivity index (χ1v) is 10.3. The summed E-state index contributed by atoms with van der Waals surface area (Å²) in [6.45, 7) is 6.16. The van der Waals surface area contributed by atoms with Crippen LogP contribution in [0.3, 0.4) is 0 Å². The standard InChI is InChI=1S/C20H29ClFN5O/c1-23-20(24-8-7-16-17(21)5-4-6-18(16)22)27-13-11-25(12-14-27)15-19(28)26-9-2-3-10-26/h4-6H,2-3,7-15H2,1H3,(H,23,24). The molecule has 0 atom stereocenters.